The fourth-order valence-corrected chi connectivity index (χ4v) is 3.91. The van der Waals surface area contributed by atoms with Gasteiger partial charge in [-0.2, -0.15) is 0 Å². The average Bonchev–Trinajstić information content (AvgIpc) is 3.43. The minimum atomic E-state index is 0.0776. The Bertz CT molecular complexity index is 1210. The summed E-state index contributed by atoms with van der Waals surface area (Å²) in [7, 11) is 1.57. The number of aryl methyl sites for hydroxylation is 1. The normalized spacial score (nSPS) is 13.0. The van der Waals surface area contributed by atoms with Crippen molar-refractivity contribution in [2.24, 2.45) is 0 Å². The smallest absolute Gasteiger partial charge is 0.235 e. The molecule has 4 heterocycles. The van der Waals surface area contributed by atoms with Gasteiger partial charge in [0.1, 0.15) is 23.0 Å². The molecule has 33 heavy (non-hydrogen) atoms. The quantitative estimate of drug-likeness (QED) is 0.341. The van der Waals surface area contributed by atoms with Crippen molar-refractivity contribution in [2.45, 2.75) is 38.5 Å². The predicted molar refractivity (Wildman–Crippen MR) is 126 cm³/mol. The number of aromatic nitrogens is 7. The molecule has 0 bridgehead atoms. The Morgan fingerprint density at radius 3 is 2.70 bits per heavy atom. The van der Waals surface area contributed by atoms with Crippen molar-refractivity contribution in [3.63, 3.8) is 0 Å². The van der Waals surface area contributed by atoms with Gasteiger partial charge in [0.2, 0.25) is 11.8 Å². The van der Waals surface area contributed by atoms with Crippen LogP contribution in [0.2, 0.25) is 5.02 Å². The highest BCUT2D eigenvalue weighted by Crippen LogP contribution is 2.29. The number of pyridine rings is 1. The molecule has 4 aromatic heterocycles. The minimum absolute atomic E-state index is 0.0776. The van der Waals surface area contributed by atoms with E-state index in [1.165, 1.54) is 11.9 Å². The number of nitrogens with one attached hydrogen (secondary N) is 1. The van der Waals surface area contributed by atoms with Gasteiger partial charge in [-0.15, -0.1) is 10.2 Å². The maximum Gasteiger partial charge on any atom is 0.235 e. The third-order valence-corrected chi connectivity index (χ3v) is 6.27. The second kappa shape index (κ2) is 10.2. The summed E-state index contributed by atoms with van der Waals surface area (Å²) in [6.07, 6.45) is 3.21. The second-order valence-electron chi connectivity index (χ2n) is 7.40. The van der Waals surface area contributed by atoms with Crippen LogP contribution in [0.15, 0.2) is 41.2 Å². The Labute approximate surface area is 200 Å². The Hall–Kier alpha value is -3.18. The molecule has 0 spiro atoms. The average molecular weight is 487 g/mol. The molecule has 0 radical (unpaired) electrons. The summed E-state index contributed by atoms with van der Waals surface area (Å²) >= 11 is 7.42. The molecule has 2 atom stereocenters. The molecule has 0 amide bonds. The van der Waals surface area contributed by atoms with E-state index in [4.69, 9.17) is 20.9 Å². The molecule has 12 heteroatoms. The first-order chi connectivity index (χ1) is 15.9. The maximum atomic E-state index is 5.91. The first kappa shape index (κ1) is 23.0. The summed E-state index contributed by atoms with van der Waals surface area (Å²) < 4.78 is 15.7. The first-order valence-corrected chi connectivity index (χ1v) is 11.5. The largest absolute Gasteiger partial charge is 0.481 e. The molecule has 0 aliphatic carbocycles. The van der Waals surface area contributed by atoms with Crippen molar-refractivity contribution in [3.05, 3.63) is 59.0 Å². The molecule has 0 saturated heterocycles. The van der Waals surface area contributed by atoms with Gasteiger partial charge in [0.15, 0.2) is 5.82 Å². The first-order valence-electron chi connectivity index (χ1n) is 10.2. The van der Waals surface area contributed by atoms with Crippen LogP contribution in [-0.2, 0) is 6.54 Å². The van der Waals surface area contributed by atoms with Crippen LogP contribution >= 0.6 is 23.5 Å². The van der Waals surface area contributed by atoms with Gasteiger partial charge in [0, 0.05) is 35.7 Å². The molecule has 4 rings (SSSR count). The van der Waals surface area contributed by atoms with Crippen LogP contribution in [0.25, 0.3) is 11.5 Å². The van der Waals surface area contributed by atoms with Crippen LogP contribution in [0, 0.1) is 6.92 Å². The molecule has 2 unspecified atom stereocenters. The van der Waals surface area contributed by atoms with Gasteiger partial charge in [-0.1, -0.05) is 36.7 Å². The highest BCUT2D eigenvalue weighted by Gasteiger charge is 2.21. The Kier molecular flexibility index (Phi) is 7.09. The summed E-state index contributed by atoms with van der Waals surface area (Å²) in [5.74, 6) is 3.17. The number of ether oxygens (including phenoxy) is 1. The number of halogens is 1. The number of anilines is 1. The second-order valence-corrected chi connectivity index (χ2v) is 9.02. The van der Waals surface area contributed by atoms with Gasteiger partial charge >= 0.3 is 0 Å². The summed E-state index contributed by atoms with van der Waals surface area (Å²) in [5.41, 5.74) is 1.39. The van der Waals surface area contributed by atoms with Crippen molar-refractivity contribution < 1.29 is 9.26 Å². The third kappa shape index (κ3) is 5.42. The van der Waals surface area contributed by atoms with E-state index >= 15 is 0 Å². The molecule has 0 aromatic carbocycles. The van der Waals surface area contributed by atoms with Gasteiger partial charge < -0.3 is 9.26 Å². The van der Waals surface area contributed by atoms with Crippen molar-refractivity contribution in [1.29, 1.82) is 0 Å². The molecular formula is C21H23ClN8O2S. The summed E-state index contributed by atoms with van der Waals surface area (Å²) in [4.78, 5) is 13.2. The number of hydrogen-bond acceptors (Lipinski definition) is 10. The maximum absolute atomic E-state index is 5.91. The lowest BCUT2D eigenvalue weighted by molar-refractivity contribution is 0.389. The van der Waals surface area contributed by atoms with E-state index in [9.17, 15) is 0 Å². The van der Waals surface area contributed by atoms with E-state index in [0.717, 1.165) is 17.3 Å². The Morgan fingerprint density at radius 1 is 1.21 bits per heavy atom. The highest BCUT2D eigenvalue weighted by atomic mass is 35.5. The number of hydrogen-bond donors (Lipinski definition) is 1. The molecule has 0 saturated carbocycles. The fraction of sp³-hybridized carbons (Fsp3) is 0.333. The van der Waals surface area contributed by atoms with E-state index in [-0.39, 0.29) is 11.2 Å². The monoisotopic (exact) mass is 486 g/mol. The van der Waals surface area contributed by atoms with Crippen LogP contribution < -0.4 is 9.46 Å². The zero-order chi connectivity index (χ0) is 23.4. The molecule has 4 aromatic rings. The van der Waals surface area contributed by atoms with Crippen molar-refractivity contribution >= 4 is 29.5 Å². The third-order valence-electron chi connectivity index (χ3n) is 5.00. The van der Waals surface area contributed by atoms with E-state index in [2.05, 4.69) is 48.9 Å². The summed E-state index contributed by atoms with van der Waals surface area (Å²) in [6.45, 7) is 6.42. The zero-order valence-electron chi connectivity index (χ0n) is 18.6. The van der Waals surface area contributed by atoms with E-state index in [0.29, 0.717) is 34.9 Å². The lowest BCUT2D eigenvalue weighted by Gasteiger charge is -2.18. The van der Waals surface area contributed by atoms with E-state index in [1.807, 2.05) is 29.7 Å². The Balaban J connectivity index is 1.57. The minimum Gasteiger partial charge on any atom is -0.481 e. The summed E-state index contributed by atoms with van der Waals surface area (Å²) in [5, 5.41) is 13.5. The topological polar surface area (TPSA) is 117 Å². The number of rotatable bonds is 9. The molecule has 0 aliphatic rings. The molecule has 10 nitrogen and oxygen atoms in total. The lowest BCUT2D eigenvalue weighted by Crippen LogP contribution is -2.15. The predicted octanol–water partition coefficient (Wildman–Crippen LogP) is 4.39. The van der Waals surface area contributed by atoms with Crippen LogP contribution in [0.1, 0.15) is 37.0 Å². The van der Waals surface area contributed by atoms with Crippen LogP contribution in [0.3, 0.4) is 0 Å². The molecule has 1 N–H and O–H groups in total. The SMILES string of the molecule is COc1cccc(-c2nnc(NSC(C)C(C)c3ncc(Cl)cn3)n2Cc2cc(C)on2)n1. The van der Waals surface area contributed by atoms with Gasteiger partial charge in [0.25, 0.3) is 0 Å². The zero-order valence-corrected chi connectivity index (χ0v) is 20.1. The van der Waals surface area contributed by atoms with Gasteiger partial charge in [0.05, 0.1) is 18.7 Å². The standard InChI is InChI=1S/C21H23ClN8O2S/c1-12-8-16(28-32-12)11-30-20(17-6-5-7-18(25-17)31-4)26-27-21(30)29-33-14(3)13(2)19-23-9-15(22)10-24-19/h5-10,13-14H,11H2,1-4H3,(H,27,29). The van der Waals surface area contributed by atoms with E-state index < -0.39 is 0 Å². The van der Waals surface area contributed by atoms with Crippen molar-refractivity contribution in [1.82, 2.24) is 34.9 Å². The lowest BCUT2D eigenvalue weighted by atomic mass is 10.1. The fourth-order valence-electron chi connectivity index (χ4n) is 3.04. The highest BCUT2D eigenvalue weighted by molar-refractivity contribution is 8.01. The molecule has 0 aliphatic heterocycles. The van der Waals surface area contributed by atoms with Gasteiger partial charge in [-0.05, 0) is 24.9 Å². The van der Waals surface area contributed by atoms with Gasteiger partial charge in [-0.3, -0.25) is 9.29 Å². The molecule has 172 valence electrons. The van der Waals surface area contributed by atoms with E-state index in [1.54, 1.807) is 25.6 Å². The Morgan fingerprint density at radius 2 is 2.00 bits per heavy atom. The molecule has 0 fully saturated rings. The van der Waals surface area contributed by atoms with Gasteiger partial charge in [-0.25, -0.2) is 15.0 Å². The molecular weight excluding hydrogens is 464 g/mol. The number of nitrogens with zero attached hydrogens (tertiary/aromatic N) is 7. The van der Waals surface area contributed by atoms with Crippen LogP contribution in [-0.4, -0.2) is 47.2 Å². The van der Waals surface area contributed by atoms with Crippen molar-refractivity contribution in [2.75, 3.05) is 11.8 Å². The van der Waals surface area contributed by atoms with Crippen LogP contribution in [0.5, 0.6) is 5.88 Å². The summed E-state index contributed by atoms with van der Waals surface area (Å²) in [6, 6.07) is 7.37. The number of methoxy groups -OCH3 is 1. The van der Waals surface area contributed by atoms with Crippen molar-refractivity contribution in [3.8, 4) is 17.4 Å². The van der Waals surface area contributed by atoms with Crippen LogP contribution in [0.4, 0.5) is 5.95 Å².